The maximum absolute atomic E-state index is 12.5. The summed E-state index contributed by atoms with van der Waals surface area (Å²) in [7, 11) is 6.05. The molecule has 3 rings (SSSR count). The molecule has 0 spiro atoms. The van der Waals surface area contributed by atoms with Gasteiger partial charge in [0.1, 0.15) is 0 Å². The van der Waals surface area contributed by atoms with E-state index in [-0.39, 0.29) is 5.91 Å². The Morgan fingerprint density at radius 2 is 2.28 bits per heavy atom. The van der Waals surface area contributed by atoms with Crippen LogP contribution in [0.25, 0.3) is 0 Å². The highest BCUT2D eigenvalue weighted by molar-refractivity contribution is 5.76. The lowest BCUT2D eigenvalue weighted by atomic mass is 9.85. The van der Waals surface area contributed by atoms with E-state index in [4.69, 9.17) is 4.42 Å². The second-order valence-electron chi connectivity index (χ2n) is 7.18. The van der Waals surface area contributed by atoms with E-state index in [0.29, 0.717) is 18.4 Å². The van der Waals surface area contributed by atoms with Crippen molar-refractivity contribution in [2.75, 3.05) is 27.2 Å². The molecule has 2 aromatic rings. The van der Waals surface area contributed by atoms with Gasteiger partial charge in [0, 0.05) is 44.9 Å². The quantitative estimate of drug-likeness (QED) is 0.808. The van der Waals surface area contributed by atoms with E-state index < -0.39 is 0 Å². The van der Waals surface area contributed by atoms with Gasteiger partial charge < -0.3 is 9.32 Å². The Bertz CT molecular complexity index is 679. The van der Waals surface area contributed by atoms with Gasteiger partial charge in [0.2, 0.25) is 5.91 Å². The summed E-state index contributed by atoms with van der Waals surface area (Å²) in [5, 5.41) is 4.33. The number of piperidine rings is 1. The first kappa shape index (κ1) is 17.7. The first-order valence-corrected chi connectivity index (χ1v) is 8.98. The number of hydrogen-bond donors (Lipinski definition) is 0. The molecule has 0 aliphatic carbocycles. The first-order valence-electron chi connectivity index (χ1n) is 8.98. The van der Waals surface area contributed by atoms with Crippen molar-refractivity contribution in [3.8, 4) is 0 Å². The summed E-state index contributed by atoms with van der Waals surface area (Å²) in [6.07, 6.45) is 11.0. The Morgan fingerprint density at radius 1 is 1.44 bits per heavy atom. The van der Waals surface area contributed by atoms with Crippen LogP contribution in [-0.2, 0) is 18.3 Å². The van der Waals surface area contributed by atoms with Gasteiger partial charge in [-0.3, -0.25) is 14.4 Å². The minimum atomic E-state index is 0.194. The summed E-state index contributed by atoms with van der Waals surface area (Å²) in [6, 6.07) is 2.24. The highest BCUT2D eigenvalue weighted by Crippen LogP contribution is 2.35. The van der Waals surface area contributed by atoms with Crippen molar-refractivity contribution >= 4 is 5.91 Å². The monoisotopic (exact) mass is 344 g/mol. The van der Waals surface area contributed by atoms with Gasteiger partial charge in [-0.1, -0.05) is 0 Å². The second-order valence-corrected chi connectivity index (χ2v) is 7.18. The normalized spacial score (nSPS) is 21.4. The predicted molar refractivity (Wildman–Crippen MR) is 96.0 cm³/mol. The van der Waals surface area contributed by atoms with E-state index >= 15 is 0 Å². The molecule has 6 heteroatoms. The van der Waals surface area contributed by atoms with Crippen LogP contribution in [-0.4, -0.2) is 52.7 Å². The number of likely N-dealkylation sites (tertiary alicyclic amines) is 1. The highest BCUT2D eigenvalue weighted by Gasteiger charge is 2.32. The zero-order valence-electron chi connectivity index (χ0n) is 15.4. The van der Waals surface area contributed by atoms with E-state index in [1.165, 1.54) is 12.0 Å². The van der Waals surface area contributed by atoms with Crippen LogP contribution in [0, 0.1) is 5.92 Å². The molecular weight excluding hydrogens is 316 g/mol. The van der Waals surface area contributed by atoms with E-state index in [0.717, 1.165) is 31.5 Å². The average molecular weight is 344 g/mol. The molecule has 0 unspecified atom stereocenters. The highest BCUT2D eigenvalue weighted by atomic mass is 16.3. The zero-order valence-corrected chi connectivity index (χ0v) is 15.4. The van der Waals surface area contributed by atoms with Crippen molar-refractivity contribution in [2.45, 2.75) is 31.7 Å². The number of carbonyl (C=O) groups is 1. The Balaban J connectivity index is 1.61. The summed E-state index contributed by atoms with van der Waals surface area (Å²) in [5.74, 6) is 0.630. The van der Waals surface area contributed by atoms with Crippen LogP contribution < -0.4 is 0 Å². The number of carbonyl (C=O) groups excluding carboxylic acids is 1. The molecule has 0 radical (unpaired) electrons. The van der Waals surface area contributed by atoms with Crippen LogP contribution in [0.3, 0.4) is 0 Å². The summed E-state index contributed by atoms with van der Waals surface area (Å²) in [6.45, 7) is 1.88. The topological polar surface area (TPSA) is 54.5 Å². The molecule has 0 N–H and O–H groups in total. The van der Waals surface area contributed by atoms with Gasteiger partial charge in [-0.25, -0.2) is 0 Å². The second kappa shape index (κ2) is 7.87. The molecule has 2 aromatic heterocycles. The van der Waals surface area contributed by atoms with Gasteiger partial charge in [0.25, 0.3) is 0 Å². The summed E-state index contributed by atoms with van der Waals surface area (Å²) >= 11 is 0. The van der Waals surface area contributed by atoms with Crippen molar-refractivity contribution in [3.05, 3.63) is 42.1 Å². The fourth-order valence-electron chi connectivity index (χ4n) is 3.90. The minimum Gasteiger partial charge on any atom is -0.472 e. The largest absolute Gasteiger partial charge is 0.472 e. The predicted octanol–water partition coefficient (Wildman–Crippen LogP) is 2.49. The van der Waals surface area contributed by atoms with Crippen molar-refractivity contribution in [1.82, 2.24) is 19.6 Å². The third kappa shape index (κ3) is 4.31. The van der Waals surface area contributed by atoms with Gasteiger partial charge in [-0.15, -0.1) is 0 Å². The average Bonchev–Trinajstić information content (AvgIpc) is 3.24. The maximum atomic E-state index is 12.5. The lowest BCUT2D eigenvalue weighted by molar-refractivity contribution is -0.131. The van der Waals surface area contributed by atoms with Crippen molar-refractivity contribution in [3.63, 3.8) is 0 Å². The third-order valence-electron chi connectivity index (χ3n) is 5.22. The molecule has 136 valence electrons. The molecule has 0 aromatic carbocycles. The van der Waals surface area contributed by atoms with Crippen LogP contribution >= 0.6 is 0 Å². The van der Waals surface area contributed by atoms with Crippen LogP contribution in [0.15, 0.2) is 35.4 Å². The molecule has 1 saturated heterocycles. The molecule has 0 saturated carbocycles. The number of amides is 1. The van der Waals surface area contributed by atoms with E-state index in [1.807, 2.05) is 35.9 Å². The number of rotatable bonds is 6. The molecule has 6 nitrogen and oxygen atoms in total. The Kier molecular flexibility index (Phi) is 5.58. The van der Waals surface area contributed by atoms with E-state index in [9.17, 15) is 4.79 Å². The Labute approximate surface area is 149 Å². The van der Waals surface area contributed by atoms with Gasteiger partial charge in [-0.05, 0) is 50.4 Å². The number of aromatic nitrogens is 2. The molecule has 1 fully saturated rings. The lowest BCUT2D eigenvalue weighted by Crippen LogP contribution is -2.42. The molecule has 2 atom stereocenters. The number of furan rings is 1. The standard InChI is InChI=1S/C19H28N4O2/c1-21-9-4-5-16(19(21)17-11-20-23(3)13-17)12-22(2)18(24)7-6-15-8-10-25-14-15/h8,10-11,13-14,16,19H,4-7,9,12H2,1-3H3/t16-,19+/m0/s1. The molecule has 0 bridgehead atoms. The fourth-order valence-corrected chi connectivity index (χ4v) is 3.90. The van der Waals surface area contributed by atoms with Crippen LogP contribution in [0.4, 0.5) is 0 Å². The van der Waals surface area contributed by atoms with E-state index in [2.05, 4.69) is 23.2 Å². The maximum Gasteiger partial charge on any atom is 0.222 e. The van der Waals surface area contributed by atoms with Gasteiger partial charge in [0.15, 0.2) is 0 Å². The Morgan fingerprint density at radius 3 is 2.96 bits per heavy atom. The Hall–Kier alpha value is -2.08. The fraction of sp³-hybridized carbons (Fsp3) is 0.579. The first-order chi connectivity index (χ1) is 12.0. The van der Waals surface area contributed by atoms with Crippen molar-refractivity contribution in [1.29, 1.82) is 0 Å². The SMILES string of the molecule is CN(C[C@@H]1CCCN(C)[C@H]1c1cnn(C)c1)C(=O)CCc1ccoc1. The van der Waals surface area contributed by atoms with Crippen LogP contribution in [0.2, 0.25) is 0 Å². The molecular formula is C19H28N4O2. The third-order valence-corrected chi connectivity index (χ3v) is 5.22. The molecule has 3 heterocycles. The van der Waals surface area contributed by atoms with E-state index in [1.54, 1.807) is 12.5 Å². The smallest absolute Gasteiger partial charge is 0.222 e. The van der Waals surface area contributed by atoms with Crippen molar-refractivity contribution in [2.24, 2.45) is 13.0 Å². The lowest BCUT2D eigenvalue weighted by Gasteiger charge is -2.40. The van der Waals surface area contributed by atoms with Crippen LogP contribution in [0.5, 0.6) is 0 Å². The summed E-state index contributed by atoms with van der Waals surface area (Å²) < 4.78 is 6.92. The molecule has 1 aliphatic rings. The minimum absolute atomic E-state index is 0.194. The number of hydrogen-bond acceptors (Lipinski definition) is 4. The molecule has 1 amide bonds. The van der Waals surface area contributed by atoms with Crippen molar-refractivity contribution < 1.29 is 9.21 Å². The van der Waals surface area contributed by atoms with Gasteiger partial charge in [-0.2, -0.15) is 5.10 Å². The molecule has 25 heavy (non-hydrogen) atoms. The summed E-state index contributed by atoms with van der Waals surface area (Å²) in [5.41, 5.74) is 2.32. The van der Waals surface area contributed by atoms with Crippen LogP contribution in [0.1, 0.15) is 36.4 Å². The molecule has 1 aliphatic heterocycles. The van der Waals surface area contributed by atoms with Gasteiger partial charge >= 0.3 is 0 Å². The van der Waals surface area contributed by atoms with Gasteiger partial charge in [0.05, 0.1) is 18.7 Å². The zero-order chi connectivity index (χ0) is 17.8. The summed E-state index contributed by atoms with van der Waals surface area (Å²) in [4.78, 5) is 16.8. The number of nitrogens with zero attached hydrogens (tertiary/aromatic N) is 4. The number of aryl methyl sites for hydroxylation is 2.